The summed E-state index contributed by atoms with van der Waals surface area (Å²) in [5.41, 5.74) is 0.847. The van der Waals surface area contributed by atoms with Crippen LogP contribution in [0.3, 0.4) is 0 Å². The summed E-state index contributed by atoms with van der Waals surface area (Å²) in [6.07, 6.45) is 4.22. The summed E-state index contributed by atoms with van der Waals surface area (Å²) in [4.78, 5) is 0. The summed E-state index contributed by atoms with van der Waals surface area (Å²) in [7, 11) is 0. The third-order valence-corrected chi connectivity index (χ3v) is 3.32. The summed E-state index contributed by atoms with van der Waals surface area (Å²) in [6, 6.07) is 4.10. The molecule has 0 radical (unpaired) electrons. The minimum Gasteiger partial charge on any atom is -0.393 e. The molecule has 1 fully saturated rings. The molecule has 0 aliphatic heterocycles. The Balaban J connectivity index is 1.96. The van der Waals surface area contributed by atoms with Crippen LogP contribution in [-0.2, 0) is 6.42 Å². The summed E-state index contributed by atoms with van der Waals surface area (Å²) < 4.78 is 25.7. The van der Waals surface area contributed by atoms with Crippen molar-refractivity contribution in [2.45, 2.75) is 38.2 Å². The Morgan fingerprint density at radius 3 is 2.38 bits per heavy atom. The SMILES string of the molecule is OC1CCC(Cc2ccc(F)c(F)c2)CC1. The summed E-state index contributed by atoms with van der Waals surface area (Å²) in [5.74, 6) is -1.07. The molecule has 0 heterocycles. The number of aliphatic hydroxyl groups is 1. The molecule has 0 atom stereocenters. The van der Waals surface area contributed by atoms with Crippen LogP contribution in [0, 0.1) is 17.6 Å². The quantitative estimate of drug-likeness (QED) is 0.821. The first-order valence-corrected chi connectivity index (χ1v) is 5.77. The average Bonchev–Trinajstić information content (AvgIpc) is 2.27. The lowest BCUT2D eigenvalue weighted by molar-refractivity contribution is 0.108. The van der Waals surface area contributed by atoms with Gasteiger partial charge in [0.2, 0.25) is 0 Å². The fourth-order valence-electron chi connectivity index (χ4n) is 2.35. The van der Waals surface area contributed by atoms with Crippen molar-refractivity contribution in [3.63, 3.8) is 0 Å². The van der Waals surface area contributed by atoms with Gasteiger partial charge in [-0.3, -0.25) is 0 Å². The first kappa shape index (κ1) is 11.5. The van der Waals surface area contributed by atoms with Crippen LogP contribution < -0.4 is 0 Å². The van der Waals surface area contributed by atoms with Gasteiger partial charge in [-0.2, -0.15) is 0 Å². The molecule has 1 N–H and O–H groups in total. The maximum Gasteiger partial charge on any atom is 0.159 e. The Morgan fingerprint density at radius 1 is 1.06 bits per heavy atom. The second-order valence-electron chi connectivity index (χ2n) is 4.63. The molecule has 0 saturated heterocycles. The Labute approximate surface area is 94.1 Å². The van der Waals surface area contributed by atoms with Crippen LogP contribution in [0.15, 0.2) is 18.2 Å². The lowest BCUT2D eigenvalue weighted by Gasteiger charge is -2.25. The lowest BCUT2D eigenvalue weighted by Crippen LogP contribution is -2.19. The highest BCUT2D eigenvalue weighted by atomic mass is 19.2. The van der Waals surface area contributed by atoms with Crippen LogP contribution in [-0.4, -0.2) is 11.2 Å². The zero-order chi connectivity index (χ0) is 11.5. The minimum atomic E-state index is -0.789. The molecular weight excluding hydrogens is 210 g/mol. The second-order valence-corrected chi connectivity index (χ2v) is 4.63. The molecule has 1 aliphatic carbocycles. The van der Waals surface area contributed by atoms with Gasteiger partial charge in [0.05, 0.1) is 6.10 Å². The first-order chi connectivity index (χ1) is 7.65. The van der Waals surface area contributed by atoms with E-state index in [2.05, 4.69) is 0 Å². The fraction of sp³-hybridized carbons (Fsp3) is 0.538. The number of hydrogen-bond acceptors (Lipinski definition) is 1. The van der Waals surface area contributed by atoms with Gasteiger partial charge >= 0.3 is 0 Å². The molecule has 0 aromatic heterocycles. The molecule has 3 heteroatoms. The zero-order valence-corrected chi connectivity index (χ0v) is 9.13. The van der Waals surface area contributed by atoms with Crippen LogP contribution >= 0.6 is 0 Å². The van der Waals surface area contributed by atoms with Crippen LogP contribution in [0.25, 0.3) is 0 Å². The minimum absolute atomic E-state index is 0.166. The first-order valence-electron chi connectivity index (χ1n) is 5.77. The molecule has 1 saturated carbocycles. The standard InChI is InChI=1S/C13H16F2O/c14-12-6-3-10(8-13(12)15)7-9-1-4-11(16)5-2-9/h3,6,8-9,11,16H,1-2,4-5,7H2. The van der Waals surface area contributed by atoms with Crippen molar-refractivity contribution < 1.29 is 13.9 Å². The Morgan fingerprint density at radius 2 is 1.75 bits per heavy atom. The topological polar surface area (TPSA) is 20.2 Å². The molecule has 88 valence electrons. The van der Waals surface area contributed by atoms with E-state index in [1.54, 1.807) is 6.07 Å². The van der Waals surface area contributed by atoms with Crippen molar-refractivity contribution >= 4 is 0 Å². The van der Waals surface area contributed by atoms with Crippen molar-refractivity contribution in [3.8, 4) is 0 Å². The third kappa shape index (κ3) is 2.79. The molecule has 1 nitrogen and oxygen atoms in total. The summed E-state index contributed by atoms with van der Waals surface area (Å²) in [5, 5.41) is 9.36. The van der Waals surface area contributed by atoms with E-state index in [-0.39, 0.29) is 6.10 Å². The van der Waals surface area contributed by atoms with Crippen molar-refractivity contribution in [1.29, 1.82) is 0 Å². The van der Waals surface area contributed by atoms with Crippen molar-refractivity contribution in [2.75, 3.05) is 0 Å². The summed E-state index contributed by atoms with van der Waals surface area (Å²) >= 11 is 0. The van der Waals surface area contributed by atoms with Gasteiger partial charge in [-0.1, -0.05) is 6.07 Å². The third-order valence-electron chi connectivity index (χ3n) is 3.32. The van der Waals surface area contributed by atoms with Crippen LogP contribution in [0.1, 0.15) is 31.2 Å². The maximum atomic E-state index is 13.0. The molecule has 0 unspecified atom stereocenters. The molecule has 1 aliphatic rings. The molecule has 0 bridgehead atoms. The van der Waals surface area contributed by atoms with Crippen molar-refractivity contribution in [2.24, 2.45) is 5.92 Å². The Hall–Kier alpha value is -0.960. The van der Waals surface area contributed by atoms with E-state index in [1.165, 1.54) is 12.1 Å². The van der Waals surface area contributed by atoms with Gasteiger partial charge < -0.3 is 5.11 Å². The van der Waals surface area contributed by atoms with Gasteiger partial charge in [-0.05, 0) is 55.7 Å². The Bertz CT molecular complexity index is 357. The number of aliphatic hydroxyl groups excluding tert-OH is 1. The molecule has 2 rings (SSSR count). The predicted octanol–water partition coefficient (Wildman–Crippen LogP) is 3.06. The number of rotatable bonds is 2. The normalized spacial score (nSPS) is 25.7. The summed E-state index contributed by atoms with van der Waals surface area (Å²) in [6.45, 7) is 0. The van der Waals surface area contributed by atoms with E-state index < -0.39 is 11.6 Å². The number of hydrogen-bond donors (Lipinski definition) is 1. The zero-order valence-electron chi connectivity index (χ0n) is 9.13. The highest BCUT2D eigenvalue weighted by molar-refractivity contribution is 5.18. The molecule has 1 aromatic carbocycles. The van der Waals surface area contributed by atoms with E-state index >= 15 is 0 Å². The van der Waals surface area contributed by atoms with Crippen LogP contribution in [0.4, 0.5) is 8.78 Å². The highest BCUT2D eigenvalue weighted by Crippen LogP contribution is 2.27. The largest absolute Gasteiger partial charge is 0.393 e. The van der Waals surface area contributed by atoms with Gasteiger partial charge in [0.15, 0.2) is 11.6 Å². The predicted molar refractivity (Wildman–Crippen MR) is 58.0 cm³/mol. The Kier molecular flexibility index (Phi) is 3.54. The van der Waals surface area contributed by atoms with E-state index in [9.17, 15) is 13.9 Å². The van der Waals surface area contributed by atoms with Crippen molar-refractivity contribution in [1.82, 2.24) is 0 Å². The monoisotopic (exact) mass is 226 g/mol. The molecule has 16 heavy (non-hydrogen) atoms. The molecular formula is C13H16F2O. The fourth-order valence-corrected chi connectivity index (χ4v) is 2.35. The lowest BCUT2D eigenvalue weighted by atomic mass is 9.83. The molecule has 0 amide bonds. The van der Waals surface area contributed by atoms with E-state index in [0.29, 0.717) is 5.92 Å². The average molecular weight is 226 g/mol. The van der Waals surface area contributed by atoms with E-state index in [4.69, 9.17) is 0 Å². The molecule has 1 aromatic rings. The maximum absolute atomic E-state index is 13.0. The number of halogens is 2. The van der Waals surface area contributed by atoms with Crippen molar-refractivity contribution in [3.05, 3.63) is 35.4 Å². The molecule has 0 spiro atoms. The smallest absolute Gasteiger partial charge is 0.159 e. The van der Waals surface area contributed by atoms with Crippen LogP contribution in [0.5, 0.6) is 0 Å². The van der Waals surface area contributed by atoms with Gasteiger partial charge in [0.1, 0.15) is 0 Å². The number of benzene rings is 1. The van der Waals surface area contributed by atoms with Gasteiger partial charge in [0, 0.05) is 0 Å². The van der Waals surface area contributed by atoms with E-state index in [1.807, 2.05) is 0 Å². The van der Waals surface area contributed by atoms with E-state index in [0.717, 1.165) is 37.7 Å². The van der Waals surface area contributed by atoms with Gasteiger partial charge in [-0.15, -0.1) is 0 Å². The van der Waals surface area contributed by atoms with Gasteiger partial charge in [0.25, 0.3) is 0 Å². The van der Waals surface area contributed by atoms with Gasteiger partial charge in [-0.25, -0.2) is 8.78 Å². The second kappa shape index (κ2) is 4.91. The highest BCUT2D eigenvalue weighted by Gasteiger charge is 2.19. The van der Waals surface area contributed by atoms with Crippen LogP contribution in [0.2, 0.25) is 0 Å².